The Bertz CT molecular complexity index is 759. The van der Waals surface area contributed by atoms with Crippen molar-refractivity contribution >= 4 is 29.2 Å². The van der Waals surface area contributed by atoms with Crippen molar-refractivity contribution in [1.82, 2.24) is 0 Å². The zero-order chi connectivity index (χ0) is 17.5. The summed E-state index contributed by atoms with van der Waals surface area (Å²) in [6.07, 6.45) is 1.16. The number of amides is 2. The Hall–Kier alpha value is -3.42. The Labute approximate surface area is 137 Å². The van der Waals surface area contributed by atoms with Gasteiger partial charge >= 0.3 is 11.7 Å². The number of aromatic nitrogens is 1. The molecular formula is C16H15N3O5. The van der Waals surface area contributed by atoms with Gasteiger partial charge in [-0.15, -0.1) is 0 Å². The molecule has 8 heteroatoms. The predicted octanol–water partition coefficient (Wildman–Crippen LogP) is 1.07. The van der Waals surface area contributed by atoms with Crippen molar-refractivity contribution < 1.29 is 23.9 Å². The minimum absolute atomic E-state index is 0.199. The van der Waals surface area contributed by atoms with E-state index >= 15 is 0 Å². The highest BCUT2D eigenvalue weighted by molar-refractivity contribution is 5.95. The smallest absolute Gasteiger partial charge is 0.405 e. The molecule has 124 valence electrons. The lowest BCUT2D eigenvalue weighted by Gasteiger charge is -2.08. The fourth-order valence-electron chi connectivity index (χ4n) is 1.83. The van der Waals surface area contributed by atoms with Crippen molar-refractivity contribution in [3.63, 3.8) is 0 Å². The standard InChI is InChI=1S/C16H15N3O5/c1-11(20)17-12-5-7-13(8-6-12)18-15(21)10-24-16(22)14-4-2-3-9-19(14)23/h2-9H,10H2,1H3,(H,17,20)(H,18,21). The second-order valence-corrected chi connectivity index (χ2v) is 4.79. The Balaban J connectivity index is 1.86. The van der Waals surface area contributed by atoms with Crippen molar-refractivity contribution in [2.24, 2.45) is 0 Å². The molecule has 0 unspecified atom stereocenters. The number of pyridine rings is 1. The molecule has 2 aromatic rings. The third-order valence-electron chi connectivity index (χ3n) is 2.86. The quantitative estimate of drug-likeness (QED) is 0.484. The fourth-order valence-corrected chi connectivity index (χ4v) is 1.83. The maximum Gasteiger partial charge on any atom is 0.405 e. The van der Waals surface area contributed by atoms with Gasteiger partial charge in [0.25, 0.3) is 5.91 Å². The molecule has 0 atom stereocenters. The van der Waals surface area contributed by atoms with Crippen molar-refractivity contribution in [2.45, 2.75) is 6.92 Å². The molecular weight excluding hydrogens is 314 g/mol. The van der Waals surface area contributed by atoms with Crippen molar-refractivity contribution in [3.8, 4) is 0 Å². The highest BCUT2D eigenvalue weighted by Crippen LogP contribution is 2.13. The second kappa shape index (κ2) is 7.73. The van der Waals surface area contributed by atoms with E-state index in [2.05, 4.69) is 10.6 Å². The lowest BCUT2D eigenvalue weighted by Crippen LogP contribution is -2.35. The molecule has 2 rings (SSSR count). The minimum Gasteiger partial charge on any atom is -0.618 e. The lowest BCUT2D eigenvalue weighted by molar-refractivity contribution is -0.608. The Morgan fingerprint density at radius 3 is 2.25 bits per heavy atom. The molecule has 0 aliphatic heterocycles. The van der Waals surface area contributed by atoms with Gasteiger partial charge in [0.2, 0.25) is 5.91 Å². The lowest BCUT2D eigenvalue weighted by atomic mass is 10.2. The van der Waals surface area contributed by atoms with E-state index < -0.39 is 18.5 Å². The first-order valence-corrected chi connectivity index (χ1v) is 6.98. The molecule has 0 aliphatic rings. The number of ether oxygens (including phenoxy) is 1. The largest absolute Gasteiger partial charge is 0.618 e. The van der Waals surface area contributed by atoms with Crippen LogP contribution in [-0.4, -0.2) is 24.4 Å². The van der Waals surface area contributed by atoms with Crippen LogP contribution < -0.4 is 15.4 Å². The number of esters is 1. The summed E-state index contributed by atoms with van der Waals surface area (Å²) in [5.74, 6) is -1.64. The van der Waals surface area contributed by atoms with E-state index in [1.54, 1.807) is 24.3 Å². The number of anilines is 2. The first-order chi connectivity index (χ1) is 11.5. The molecule has 0 saturated carbocycles. The number of nitrogens with zero attached hydrogens (tertiary/aromatic N) is 1. The molecule has 0 bridgehead atoms. The average Bonchev–Trinajstić information content (AvgIpc) is 2.54. The number of hydrogen-bond donors (Lipinski definition) is 2. The van der Waals surface area contributed by atoms with Gasteiger partial charge in [0, 0.05) is 30.4 Å². The van der Waals surface area contributed by atoms with E-state index in [1.807, 2.05) is 0 Å². The van der Waals surface area contributed by atoms with Crippen molar-refractivity contribution in [2.75, 3.05) is 17.2 Å². The summed E-state index contributed by atoms with van der Waals surface area (Å²) in [7, 11) is 0. The summed E-state index contributed by atoms with van der Waals surface area (Å²) in [6.45, 7) is 0.865. The van der Waals surface area contributed by atoms with E-state index in [0.717, 1.165) is 6.20 Å². The fraction of sp³-hybridized carbons (Fsp3) is 0.125. The summed E-state index contributed by atoms with van der Waals surface area (Å²) in [6, 6.07) is 10.7. The minimum atomic E-state index is -0.887. The highest BCUT2D eigenvalue weighted by atomic mass is 16.5. The molecule has 1 aromatic carbocycles. The second-order valence-electron chi connectivity index (χ2n) is 4.79. The summed E-state index contributed by atoms with van der Waals surface area (Å²) in [4.78, 5) is 34.4. The van der Waals surface area contributed by atoms with Gasteiger partial charge in [0.05, 0.1) is 0 Å². The Kier molecular flexibility index (Phi) is 5.45. The van der Waals surface area contributed by atoms with Crippen molar-refractivity contribution in [1.29, 1.82) is 0 Å². The SMILES string of the molecule is CC(=O)Nc1ccc(NC(=O)COC(=O)c2cccc[n+]2[O-])cc1. The first kappa shape index (κ1) is 16.9. The Morgan fingerprint density at radius 2 is 1.67 bits per heavy atom. The van der Waals surface area contributed by atoms with Gasteiger partial charge in [-0.2, -0.15) is 4.73 Å². The zero-order valence-electron chi connectivity index (χ0n) is 12.8. The van der Waals surface area contributed by atoms with Gasteiger partial charge in [0.15, 0.2) is 12.8 Å². The number of hydrogen-bond acceptors (Lipinski definition) is 5. The van der Waals surface area contributed by atoms with Crippen LogP contribution in [0.15, 0.2) is 48.7 Å². The van der Waals surface area contributed by atoms with Crippen LogP contribution in [0.2, 0.25) is 0 Å². The average molecular weight is 329 g/mol. The van der Waals surface area contributed by atoms with Gasteiger partial charge in [-0.05, 0) is 30.3 Å². The number of carbonyl (C=O) groups is 3. The van der Waals surface area contributed by atoms with Crippen LogP contribution >= 0.6 is 0 Å². The van der Waals surface area contributed by atoms with Gasteiger partial charge in [0.1, 0.15) is 0 Å². The van der Waals surface area contributed by atoms with E-state index in [1.165, 1.54) is 25.1 Å². The number of rotatable bonds is 5. The number of nitrogens with one attached hydrogen (secondary N) is 2. The van der Waals surface area contributed by atoms with E-state index in [-0.39, 0.29) is 11.6 Å². The summed E-state index contributed by atoms with van der Waals surface area (Å²) in [5, 5.41) is 16.5. The molecule has 0 radical (unpaired) electrons. The number of benzene rings is 1. The molecule has 8 nitrogen and oxygen atoms in total. The van der Waals surface area contributed by atoms with Crippen LogP contribution in [0.25, 0.3) is 0 Å². The monoisotopic (exact) mass is 329 g/mol. The molecule has 2 amide bonds. The predicted molar refractivity (Wildman–Crippen MR) is 85.1 cm³/mol. The highest BCUT2D eigenvalue weighted by Gasteiger charge is 2.18. The molecule has 2 N–H and O–H groups in total. The van der Waals surface area contributed by atoms with Gasteiger partial charge in [-0.1, -0.05) is 0 Å². The third kappa shape index (κ3) is 4.80. The zero-order valence-corrected chi connectivity index (χ0v) is 12.8. The summed E-state index contributed by atoms with van der Waals surface area (Å²) in [5.41, 5.74) is 0.865. The molecule has 24 heavy (non-hydrogen) atoms. The summed E-state index contributed by atoms with van der Waals surface area (Å²) >= 11 is 0. The Morgan fingerprint density at radius 1 is 1.04 bits per heavy atom. The normalized spacial score (nSPS) is 9.88. The van der Waals surface area contributed by atoms with Gasteiger partial charge in [-0.3, -0.25) is 9.59 Å². The molecule has 0 spiro atoms. The van der Waals surface area contributed by atoms with E-state index in [0.29, 0.717) is 16.1 Å². The van der Waals surface area contributed by atoms with Crippen LogP contribution in [0.3, 0.4) is 0 Å². The van der Waals surface area contributed by atoms with Crippen LogP contribution in [0.4, 0.5) is 11.4 Å². The molecule has 0 aliphatic carbocycles. The van der Waals surface area contributed by atoms with E-state index in [4.69, 9.17) is 4.74 Å². The molecule has 0 saturated heterocycles. The summed E-state index contributed by atoms with van der Waals surface area (Å²) < 4.78 is 5.15. The van der Waals surface area contributed by atoms with E-state index in [9.17, 15) is 19.6 Å². The van der Waals surface area contributed by atoms with Gasteiger partial charge in [-0.25, -0.2) is 4.79 Å². The van der Waals surface area contributed by atoms with Gasteiger partial charge < -0.3 is 20.6 Å². The maximum atomic E-state index is 11.8. The van der Waals surface area contributed by atoms with Crippen LogP contribution in [0.1, 0.15) is 17.4 Å². The van der Waals surface area contributed by atoms with Crippen LogP contribution in [0.5, 0.6) is 0 Å². The van der Waals surface area contributed by atoms with Crippen LogP contribution in [0, 0.1) is 5.21 Å². The maximum absolute atomic E-state index is 11.8. The molecule has 1 aromatic heterocycles. The third-order valence-corrected chi connectivity index (χ3v) is 2.86. The molecule has 0 fully saturated rings. The van der Waals surface area contributed by atoms with Crippen molar-refractivity contribution in [3.05, 3.63) is 59.6 Å². The first-order valence-electron chi connectivity index (χ1n) is 6.98. The molecule has 1 heterocycles. The van der Waals surface area contributed by atoms with Crippen LogP contribution in [-0.2, 0) is 14.3 Å². The number of carbonyl (C=O) groups excluding carboxylic acids is 3. The topological polar surface area (TPSA) is 111 Å².